The van der Waals surface area contributed by atoms with E-state index in [1.807, 2.05) is 35.2 Å². The van der Waals surface area contributed by atoms with Gasteiger partial charge in [0.25, 0.3) is 0 Å². The Bertz CT molecular complexity index is 1070. The van der Waals surface area contributed by atoms with Gasteiger partial charge >= 0.3 is 6.03 Å². The molecule has 2 aromatic carbocycles. The van der Waals surface area contributed by atoms with Gasteiger partial charge in [0.05, 0.1) is 23.1 Å². The number of piperazine rings is 1. The predicted molar refractivity (Wildman–Crippen MR) is 123 cm³/mol. The third-order valence-corrected chi connectivity index (χ3v) is 5.66. The molecule has 2 heterocycles. The van der Waals surface area contributed by atoms with Crippen LogP contribution in [0, 0.1) is 11.6 Å². The highest BCUT2D eigenvalue weighted by molar-refractivity contribution is 5.91. The summed E-state index contributed by atoms with van der Waals surface area (Å²) in [6.07, 6.45) is 3.48. The smallest absolute Gasteiger partial charge is 0.319 e. The Morgan fingerprint density at radius 2 is 1.81 bits per heavy atom. The fraction of sp³-hybridized carbons (Fsp3) is 0.333. The van der Waals surface area contributed by atoms with Crippen molar-refractivity contribution < 1.29 is 13.6 Å². The Hall–Kier alpha value is -3.26. The van der Waals surface area contributed by atoms with Crippen LogP contribution in [0.5, 0.6) is 0 Å². The monoisotopic (exact) mass is 439 g/mol. The van der Waals surface area contributed by atoms with Crippen molar-refractivity contribution in [2.24, 2.45) is 0 Å². The molecule has 32 heavy (non-hydrogen) atoms. The lowest BCUT2D eigenvalue weighted by Crippen LogP contribution is -2.47. The molecule has 1 saturated heterocycles. The summed E-state index contributed by atoms with van der Waals surface area (Å²) in [5, 5.41) is 6.68. The Morgan fingerprint density at radius 1 is 1.00 bits per heavy atom. The number of aromatic nitrogens is 1. The first-order valence-electron chi connectivity index (χ1n) is 10.9. The van der Waals surface area contributed by atoms with E-state index in [0.29, 0.717) is 31.0 Å². The minimum absolute atomic E-state index is 0.239. The van der Waals surface area contributed by atoms with Gasteiger partial charge in [0.1, 0.15) is 11.6 Å². The van der Waals surface area contributed by atoms with Crippen LogP contribution in [-0.4, -0.2) is 55.2 Å². The number of pyridine rings is 1. The summed E-state index contributed by atoms with van der Waals surface area (Å²) in [6.45, 7) is 4.61. The molecule has 1 aromatic heterocycles. The van der Waals surface area contributed by atoms with Gasteiger partial charge in [-0.1, -0.05) is 18.2 Å². The fourth-order valence-corrected chi connectivity index (χ4v) is 3.93. The fourth-order valence-electron chi connectivity index (χ4n) is 3.93. The van der Waals surface area contributed by atoms with E-state index in [9.17, 15) is 13.6 Å². The molecule has 1 aliphatic rings. The van der Waals surface area contributed by atoms with Crippen molar-refractivity contribution in [3.63, 3.8) is 0 Å². The number of urea groups is 1. The van der Waals surface area contributed by atoms with Crippen LogP contribution >= 0.6 is 0 Å². The number of anilines is 2. The Balaban J connectivity index is 1.12. The molecule has 6 nitrogen and oxygen atoms in total. The summed E-state index contributed by atoms with van der Waals surface area (Å²) < 4.78 is 27.0. The molecule has 0 bridgehead atoms. The molecular formula is C24H27F2N5O. The number of fused-ring (bicyclic) bond motifs is 1. The molecule has 0 spiro atoms. The number of carbonyl (C=O) groups excluding carboxylic acids is 1. The third-order valence-electron chi connectivity index (χ3n) is 5.66. The van der Waals surface area contributed by atoms with Gasteiger partial charge in [-0.25, -0.2) is 13.6 Å². The lowest BCUT2D eigenvalue weighted by molar-refractivity contribution is 0.246. The van der Waals surface area contributed by atoms with Gasteiger partial charge in [-0.3, -0.25) is 9.88 Å². The molecule has 0 aliphatic carbocycles. The molecule has 2 N–H and O–H groups in total. The van der Waals surface area contributed by atoms with Crippen LogP contribution < -0.4 is 15.5 Å². The normalized spacial score (nSPS) is 14.5. The number of hydrogen-bond acceptors (Lipinski definition) is 4. The van der Waals surface area contributed by atoms with Gasteiger partial charge in [0.15, 0.2) is 0 Å². The lowest BCUT2D eigenvalue weighted by atomic mass is 10.2. The minimum Gasteiger partial charge on any atom is -0.367 e. The molecule has 0 radical (unpaired) electrons. The van der Waals surface area contributed by atoms with E-state index in [2.05, 4.69) is 20.5 Å². The molecule has 1 fully saturated rings. The van der Waals surface area contributed by atoms with Gasteiger partial charge in [0, 0.05) is 44.2 Å². The number of para-hydroxylation sites is 1. The van der Waals surface area contributed by atoms with Gasteiger partial charge in [-0.2, -0.15) is 0 Å². The standard InChI is InChI=1S/C24H27F2N5O/c25-19-7-8-23(21(26)16-19)31-13-11-30(12-14-31)10-4-3-9-27-24(32)29-20-15-18-5-1-2-6-22(18)28-17-20/h1-2,5-8,15-17H,3-4,9-14H2,(H2,27,29,32). The highest BCUT2D eigenvalue weighted by Crippen LogP contribution is 2.21. The summed E-state index contributed by atoms with van der Waals surface area (Å²) in [5.41, 5.74) is 2.02. The first-order chi connectivity index (χ1) is 15.6. The molecule has 4 rings (SSSR count). The van der Waals surface area contributed by atoms with Crippen LogP contribution in [-0.2, 0) is 0 Å². The van der Waals surface area contributed by atoms with E-state index in [1.165, 1.54) is 12.1 Å². The first-order valence-corrected chi connectivity index (χ1v) is 10.9. The Labute approximate surface area is 186 Å². The maximum atomic E-state index is 14.0. The number of rotatable bonds is 7. The molecule has 8 heteroatoms. The van der Waals surface area contributed by atoms with Crippen molar-refractivity contribution in [1.29, 1.82) is 0 Å². The quantitative estimate of drug-likeness (QED) is 0.541. The third kappa shape index (κ3) is 5.70. The number of benzene rings is 2. The number of amides is 2. The summed E-state index contributed by atoms with van der Waals surface area (Å²) in [4.78, 5) is 20.7. The summed E-state index contributed by atoms with van der Waals surface area (Å²) in [5.74, 6) is -1.07. The zero-order valence-electron chi connectivity index (χ0n) is 17.9. The van der Waals surface area contributed by atoms with E-state index < -0.39 is 11.6 Å². The van der Waals surface area contributed by atoms with Crippen molar-refractivity contribution in [1.82, 2.24) is 15.2 Å². The number of nitrogens with zero attached hydrogens (tertiary/aromatic N) is 3. The predicted octanol–water partition coefficient (Wildman–Crippen LogP) is 4.24. The maximum absolute atomic E-state index is 14.0. The molecule has 2 amide bonds. The molecule has 0 atom stereocenters. The second kappa shape index (κ2) is 10.4. The SMILES string of the molecule is O=C(NCCCCN1CCN(c2ccc(F)cc2F)CC1)Nc1cnc2ccccc2c1. The van der Waals surface area contributed by atoms with Crippen LogP contribution in [0.3, 0.4) is 0 Å². The second-order valence-corrected chi connectivity index (χ2v) is 7.93. The van der Waals surface area contributed by atoms with E-state index in [0.717, 1.165) is 49.4 Å². The van der Waals surface area contributed by atoms with Crippen molar-refractivity contribution in [2.75, 3.05) is 49.5 Å². The average molecular weight is 440 g/mol. The van der Waals surface area contributed by atoms with E-state index >= 15 is 0 Å². The zero-order valence-corrected chi connectivity index (χ0v) is 17.9. The number of halogens is 2. The molecular weight excluding hydrogens is 412 g/mol. The van der Waals surface area contributed by atoms with E-state index in [1.54, 1.807) is 6.20 Å². The number of carbonyl (C=O) groups is 1. The van der Waals surface area contributed by atoms with Gasteiger partial charge in [-0.05, 0) is 43.7 Å². The highest BCUT2D eigenvalue weighted by Gasteiger charge is 2.19. The van der Waals surface area contributed by atoms with Crippen LogP contribution in [0.15, 0.2) is 54.7 Å². The van der Waals surface area contributed by atoms with Crippen LogP contribution in [0.1, 0.15) is 12.8 Å². The lowest BCUT2D eigenvalue weighted by Gasteiger charge is -2.36. The molecule has 0 unspecified atom stereocenters. The molecule has 168 valence electrons. The maximum Gasteiger partial charge on any atom is 0.319 e. The minimum atomic E-state index is -0.555. The summed E-state index contributed by atoms with van der Waals surface area (Å²) in [7, 11) is 0. The van der Waals surface area contributed by atoms with Gasteiger partial charge < -0.3 is 15.5 Å². The van der Waals surface area contributed by atoms with E-state index in [-0.39, 0.29) is 6.03 Å². The average Bonchev–Trinajstić information content (AvgIpc) is 2.79. The highest BCUT2D eigenvalue weighted by atomic mass is 19.1. The Morgan fingerprint density at radius 3 is 2.62 bits per heavy atom. The van der Waals surface area contributed by atoms with Crippen LogP contribution in [0.25, 0.3) is 10.9 Å². The van der Waals surface area contributed by atoms with Crippen LogP contribution in [0.4, 0.5) is 25.0 Å². The molecule has 1 aliphatic heterocycles. The second-order valence-electron chi connectivity index (χ2n) is 7.93. The van der Waals surface area contributed by atoms with Crippen molar-refractivity contribution in [3.8, 4) is 0 Å². The zero-order chi connectivity index (χ0) is 22.3. The molecule has 3 aromatic rings. The summed E-state index contributed by atoms with van der Waals surface area (Å²) in [6, 6.07) is 13.2. The number of unbranched alkanes of at least 4 members (excludes halogenated alkanes) is 1. The molecule has 0 saturated carbocycles. The van der Waals surface area contributed by atoms with Crippen molar-refractivity contribution in [3.05, 3.63) is 66.4 Å². The topological polar surface area (TPSA) is 60.5 Å². The van der Waals surface area contributed by atoms with Crippen molar-refractivity contribution >= 4 is 28.3 Å². The summed E-state index contributed by atoms with van der Waals surface area (Å²) >= 11 is 0. The largest absolute Gasteiger partial charge is 0.367 e. The van der Waals surface area contributed by atoms with Gasteiger partial charge in [-0.15, -0.1) is 0 Å². The first kappa shape index (κ1) is 22.0. The van der Waals surface area contributed by atoms with Crippen molar-refractivity contribution in [2.45, 2.75) is 12.8 Å². The number of hydrogen-bond donors (Lipinski definition) is 2. The Kier molecular flexibility index (Phi) is 7.11. The van der Waals surface area contributed by atoms with Gasteiger partial charge in [0.2, 0.25) is 0 Å². The van der Waals surface area contributed by atoms with Crippen LogP contribution in [0.2, 0.25) is 0 Å². The number of nitrogens with one attached hydrogen (secondary N) is 2. The van der Waals surface area contributed by atoms with E-state index in [4.69, 9.17) is 0 Å².